The summed E-state index contributed by atoms with van der Waals surface area (Å²) in [5, 5.41) is 0. The van der Waals surface area contributed by atoms with Crippen molar-refractivity contribution >= 4 is 11.6 Å². The standard InChI is InChI=1S/C30H51N3O/c1-23(2)16-21-33(28-17-19-32(20-18-28)30(34)29(31)22-24(3)4)27-14-12-26(13-15-27)11-10-25-8-6-5-7-9-25/h12-15,23-25,28-29H,5-11,16-22,31H2,1-4H3. The third-order valence-corrected chi connectivity index (χ3v) is 8.04. The summed E-state index contributed by atoms with van der Waals surface area (Å²) in [5.74, 6) is 2.22. The fourth-order valence-corrected chi connectivity index (χ4v) is 5.86. The van der Waals surface area contributed by atoms with Gasteiger partial charge in [0, 0.05) is 31.4 Å². The van der Waals surface area contributed by atoms with Gasteiger partial charge in [-0.05, 0) is 74.0 Å². The molecule has 2 fully saturated rings. The van der Waals surface area contributed by atoms with Crippen LogP contribution in [0.3, 0.4) is 0 Å². The smallest absolute Gasteiger partial charge is 0.239 e. The number of benzene rings is 1. The Labute approximate surface area is 209 Å². The van der Waals surface area contributed by atoms with E-state index in [9.17, 15) is 4.79 Å². The van der Waals surface area contributed by atoms with Gasteiger partial charge in [-0.25, -0.2) is 0 Å². The van der Waals surface area contributed by atoms with Crippen molar-refractivity contribution in [3.63, 3.8) is 0 Å². The van der Waals surface area contributed by atoms with Crippen molar-refractivity contribution in [1.29, 1.82) is 0 Å². The fraction of sp³-hybridized carbons (Fsp3) is 0.767. The largest absolute Gasteiger partial charge is 0.368 e. The maximum absolute atomic E-state index is 12.8. The van der Waals surface area contributed by atoms with Crippen molar-refractivity contribution in [1.82, 2.24) is 4.90 Å². The van der Waals surface area contributed by atoms with Gasteiger partial charge in [0.2, 0.25) is 5.91 Å². The van der Waals surface area contributed by atoms with Crippen LogP contribution in [0.15, 0.2) is 24.3 Å². The molecular weight excluding hydrogens is 418 g/mol. The molecule has 1 heterocycles. The van der Waals surface area contributed by atoms with Crippen molar-refractivity contribution in [3.8, 4) is 0 Å². The maximum Gasteiger partial charge on any atom is 0.239 e. The lowest BCUT2D eigenvalue weighted by Gasteiger charge is -2.41. The van der Waals surface area contributed by atoms with Crippen LogP contribution < -0.4 is 10.6 Å². The van der Waals surface area contributed by atoms with E-state index >= 15 is 0 Å². The van der Waals surface area contributed by atoms with E-state index in [1.165, 1.54) is 62.6 Å². The summed E-state index contributed by atoms with van der Waals surface area (Å²) >= 11 is 0. The Kier molecular flexibility index (Phi) is 10.8. The van der Waals surface area contributed by atoms with Crippen LogP contribution in [-0.4, -0.2) is 42.5 Å². The lowest BCUT2D eigenvalue weighted by atomic mass is 9.85. The number of carbonyl (C=O) groups is 1. The molecule has 0 bridgehead atoms. The molecule has 3 rings (SSSR count). The SMILES string of the molecule is CC(C)CCN(c1ccc(CCC2CCCCC2)cc1)C1CCN(C(=O)C(N)CC(C)C)CC1. The molecule has 1 amide bonds. The number of amides is 1. The van der Waals surface area contributed by atoms with Crippen LogP contribution in [0, 0.1) is 17.8 Å². The number of likely N-dealkylation sites (tertiary alicyclic amines) is 1. The molecule has 1 saturated heterocycles. The zero-order valence-electron chi connectivity index (χ0n) is 22.5. The zero-order valence-corrected chi connectivity index (χ0v) is 22.5. The number of hydrogen-bond acceptors (Lipinski definition) is 3. The monoisotopic (exact) mass is 469 g/mol. The lowest BCUT2D eigenvalue weighted by Crippen LogP contribution is -2.51. The minimum Gasteiger partial charge on any atom is -0.368 e. The molecule has 0 aromatic heterocycles. The van der Waals surface area contributed by atoms with Gasteiger partial charge in [-0.2, -0.15) is 0 Å². The Balaban J connectivity index is 1.58. The Morgan fingerprint density at radius 3 is 2.21 bits per heavy atom. The second-order valence-electron chi connectivity index (χ2n) is 11.9. The van der Waals surface area contributed by atoms with Gasteiger partial charge < -0.3 is 15.5 Å². The first-order chi connectivity index (χ1) is 16.3. The fourth-order valence-electron chi connectivity index (χ4n) is 5.86. The second kappa shape index (κ2) is 13.5. The van der Waals surface area contributed by atoms with E-state index < -0.39 is 0 Å². The number of nitrogens with two attached hydrogens (primary N) is 1. The lowest BCUT2D eigenvalue weighted by molar-refractivity contribution is -0.134. The van der Waals surface area contributed by atoms with E-state index in [4.69, 9.17) is 5.73 Å². The number of hydrogen-bond donors (Lipinski definition) is 1. The Bertz CT molecular complexity index is 715. The zero-order chi connectivity index (χ0) is 24.5. The topological polar surface area (TPSA) is 49.6 Å². The summed E-state index contributed by atoms with van der Waals surface area (Å²) in [6.45, 7) is 11.6. The van der Waals surface area contributed by atoms with Gasteiger partial charge in [-0.1, -0.05) is 71.9 Å². The predicted molar refractivity (Wildman–Crippen MR) is 145 cm³/mol. The quantitative estimate of drug-likeness (QED) is 0.407. The van der Waals surface area contributed by atoms with Gasteiger partial charge in [0.15, 0.2) is 0 Å². The average Bonchev–Trinajstić information content (AvgIpc) is 2.83. The number of nitrogens with zero attached hydrogens (tertiary/aromatic N) is 2. The van der Waals surface area contributed by atoms with E-state index in [1.807, 2.05) is 4.90 Å². The van der Waals surface area contributed by atoms with E-state index in [2.05, 4.69) is 56.9 Å². The molecule has 1 saturated carbocycles. The number of rotatable bonds is 11. The van der Waals surface area contributed by atoms with E-state index in [0.29, 0.717) is 17.9 Å². The van der Waals surface area contributed by atoms with Crippen LogP contribution >= 0.6 is 0 Å². The second-order valence-corrected chi connectivity index (χ2v) is 11.9. The first-order valence-electron chi connectivity index (χ1n) is 14.2. The van der Waals surface area contributed by atoms with Crippen LogP contribution in [0.4, 0.5) is 5.69 Å². The van der Waals surface area contributed by atoms with Crippen LogP contribution in [0.1, 0.15) is 97.5 Å². The molecule has 1 aliphatic heterocycles. The van der Waals surface area contributed by atoms with Gasteiger partial charge in [0.05, 0.1) is 6.04 Å². The molecule has 0 radical (unpaired) electrons. The van der Waals surface area contributed by atoms with Gasteiger partial charge in [-0.15, -0.1) is 0 Å². The van der Waals surface area contributed by atoms with Crippen molar-refractivity contribution in [2.45, 2.75) is 110 Å². The highest BCUT2D eigenvalue weighted by Gasteiger charge is 2.29. The molecule has 1 aromatic rings. The molecule has 1 aromatic carbocycles. The molecule has 2 N–H and O–H groups in total. The Morgan fingerprint density at radius 1 is 0.971 bits per heavy atom. The van der Waals surface area contributed by atoms with Crippen LogP contribution in [0.2, 0.25) is 0 Å². The molecular formula is C30H51N3O. The molecule has 34 heavy (non-hydrogen) atoms. The molecule has 4 heteroatoms. The molecule has 4 nitrogen and oxygen atoms in total. The third-order valence-electron chi connectivity index (χ3n) is 8.04. The first-order valence-corrected chi connectivity index (χ1v) is 14.2. The summed E-state index contributed by atoms with van der Waals surface area (Å²) < 4.78 is 0. The van der Waals surface area contributed by atoms with Gasteiger partial charge in [-0.3, -0.25) is 4.79 Å². The summed E-state index contributed by atoms with van der Waals surface area (Å²) in [6.07, 6.45) is 13.8. The van der Waals surface area contributed by atoms with Crippen molar-refractivity contribution in [2.75, 3.05) is 24.5 Å². The van der Waals surface area contributed by atoms with Gasteiger partial charge in [0.1, 0.15) is 0 Å². The van der Waals surface area contributed by atoms with E-state index in [-0.39, 0.29) is 11.9 Å². The number of aryl methyl sites for hydroxylation is 1. The number of carbonyl (C=O) groups excluding carboxylic acids is 1. The molecule has 1 atom stereocenters. The molecule has 2 aliphatic rings. The molecule has 1 aliphatic carbocycles. The maximum atomic E-state index is 12.8. The van der Waals surface area contributed by atoms with Gasteiger partial charge >= 0.3 is 0 Å². The number of anilines is 1. The molecule has 1 unspecified atom stereocenters. The Morgan fingerprint density at radius 2 is 1.62 bits per heavy atom. The highest BCUT2D eigenvalue weighted by Crippen LogP contribution is 2.29. The Hall–Kier alpha value is -1.55. The van der Waals surface area contributed by atoms with E-state index in [0.717, 1.165) is 44.8 Å². The van der Waals surface area contributed by atoms with Crippen molar-refractivity contribution < 1.29 is 4.79 Å². The minimum absolute atomic E-state index is 0.142. The van der Waals surface area contributed by atoms with Crippen molar-refractivity contribution in [2.24, 2.45) is 23.5 Å². The number of piperidine rings is 1. The summed E-state index contributed by atoms with van der Waals surface area (Å²) in [6, 6.07) is 9.58. The summed E-state index contributed by atoms with van der Waals surface area (Å²) in [7, 11) is 0. The van der Waals surface area contributed by atoms with Crippen LogP contribution in [-0.2, 0) is 11.2 Å². The predicted octanol–water partition coefficient (Wildman–Crippen LogP) is 6.42. The first kappa shape index (κ1) is 27.0. The van der Waals surface area contributed by atoms with Crippen LogP contribution in [0.5, 0.6) is 0 Å². The van der Waals surface area contributed by atoms with Crippen LogP contribution in [0.25, 0.3) is 0 Å². The summed E-state index contributed by atoms with van der Waals surface area (Å²) in [5.41, 5.74) is 9.03. The minimum atomic E-state index is -0.352. The summed E-state index contributed by atoms with van der Waals surface area (Å²) in [4.78, 5) is 17.4. The highest BCUT2D eigenvalue weighted by molar-refractivity contribution is 5.81. The third kappa shape index (κ3) is 8.29. The van der Waals surface area contributed by atoms with E-state index in [1.54, 1.807) is 0 Å². The molecule has 192 valence electrons. The normalized spacial score (nSPS) is 19.1. The highest BCUT2D eigenvalue weighted by atomic mass is 16.2. The average molecular weight is 470 g/mol. The van der Waals surface area contributed by atoms with Gasteiger partial charge in [0.25, 0.3) is 0 Å². The molecule has 0 spiro atoms. The van der Waals surface area contributed by atoms with Crippen molar-refractivity contribution in [3.05, 3.63) is 29.8 Å².